The third-order valence-corrected chi connectivity index (χ3v) is 15.6. The molecule has 0 saturated carbocycles. The predicted octanol–water partition coefficient (Wildman–Crippen LogP) is -0.523. The van der Waals surface area contributed by atoms with Crippen LogP contribution < -0.4 is 16.4 Å². The van der Waals surface area contributed by atoms with E-state index in [1.54, 1.807) is 0 Å². The number of nitrogens with one attached hydrogen (secondary N) is 2. The van der Waals surface area contributed by atoms with Gasteiger partial charge in [0, 0.05) is 24.9 Å². The normalized spacial score (nSPS) is 23.6. The number of aliphatic hydroxyl groups excluding tert-OH is 2. The summed E-state index contributed by atoms with van der Waals surface area (Å²) in [4.78, 5) is 75.3. The van der Waals surface area contributed by atoms with E-state index in [9.17, 15) is 53.1 Å². The van der Waals surface area contributed by atoms with Crippen molar-refractivity contribution in [2.24, 2.45) is 5.41 Å². The molecule has 0 spiro atoms. The largest absolute Gasteiger partial charge is 0.470 e. The molecule has 2 aromatic heterocycles. The van der Waals surface area contributed by atoms with Crippen molar-refractivity contribution in [3.8, 4) is 0 Å². The Morgan fingerprint density at radius 3 is 2.42 bits per heavy atom. The van der Waals surface area contributed by atoms with E-state index in [1.165, 1.54) is 13.8 Å². The summed E-state index contributed by atoms with van der Waals surface area (Å²) in [6.07, 6.45) is -5.60. The second kappa shape index (κ2) is 16.4. The van der Waals surface area contributed by atoms with Crippen molar-refractivity contribution < 1.29 is 71.4 Å². The second-order valence-corrected chi connectivity index (χ2v) is 21.0. The molecule has 2 amide bonds. The van der Waals surface area contributed by atoms with E-state index in [-0.39, 0.29) is 35.9 Å². The van der Waals surface area contributed by atoms with Gasteiger partial charge < -0.3 is 59.9 Å². The highest BCUT2D eigenvalue weighted by molar-refractivity contribution is 8.51. The molecule has 0 aromatic carbocycles. The number of carbonyl (C=O) groups is 2. The maximum Gasteiger partial charge on any atom is 0.470 e. The molecule has 8 atom stereocenters. The molecule has 3 heterocycles. The van der Waals surface area contributed by atoms with E-state index in [2.05, 4.69) is 30.1 Å². The number of phosphoric acid groups is 1. The van der Waals surface area contributed by atoms with Gasteiger partial charge in [0.2, 0.25) is 11.8 Å². The average molecular weight is 765 g/mol. The van der Waals surface area contributed by atoms with Crippen molar-refractivity contribution >= 4 is 59.1 Å². The Morgan fingerprint density at radius 2 is 1.77 bits per heavy atom. The number of nitrogen functional groups attached to an aromatic ring is 1. The summed E-state index contributed by atoms with van der Waals surface area (Å²) in [5.41, 5.74) is 4.46. The monoisotopic (exact) mass is 765 g/mol. The number of rotatable bonds is 18. The molecule has 22 nitrogen and oxygen atoms in total. The fourth-order valence-corrected chi connectivity index (χ4v) is 11.8. The van der Waals surface area contributed by atoms with E-state index in [0.717, 1.165) is 23.6 Å². The summed E-state index contributed by atoms with van der Waals surface area (Å²) >= 11 is 0. The van der Waals surface area contributed by atoms with Crippen molar-refractivity contribution in [1.82, 2.24) is 30.2 Å². The van der Waals surface area contributed by atoms with Gasteiger partial charge in [0.05, 0.1) is 19.5 Å². The van der Waals surface area contributed by atoms with Gasteiger partial charge >= 0.3 is 22.4 Å². The van der Waals surface area contributed by atoms with Gasteiger partial charge in [0.15, 0.2) is 17.7 Å². The summed E-state index contributed by atoms with van der Waals surface area (Å²) in [5, 5.41) is 26.3. The van der Waals surface area contributed by atoms with Gasteiger partial charge in [0.25, 0.3) is 0 Å². The van der Waals surface area contributed by atoms with Gasteiger partial charge in [0.1, 0.15) is 44.2 Å². The number of nitrogens with zero attached hydrogens (tertiary/aromatic N) is 4. The third kappa shape index (κ3) is 11.3. The molecule has 48 heavy (non-hydrogen) atoms. The molecule has 8 unspecified atom stereocenters. The molecule has 26 heteroatoms. The zero-order chi connectivity index (χ0) is 36.1. The predicted molar refractivity (Wildman–Crippen MR) is 167 cm³/mol. The number of anilines is 1. The summed E-state index contributed by atoms with van der Waals surface area (Å²) in [6, 6.07) is 0. The number of carbonyl (C=O) groups excluding carboxylic acids is 2. The lowest BCUT2D eigenvalue weighted by molar-refractivity contribution is -0.136. The van der Waals surface area contributed by atoms with Gasteiger partial charge in [-0.05, 0) is 6.42 Å². The molecule has 2 aromatic rings. The SMILES string of the molecule is CCCNC(=O)CCNC(=O)C(O)C(C)(C)COP(=O)(O)PP(=O)(O)OCC1OC(n2cnc3c(N)ncnc32)C(O)C1OP(=O)(O)O. The molecule has 3 rings (SSSR count). The average Bonchev–Trinajstić information content (AvgIpc) is 3.54. The number of imidazole rings is 1. The van der Waals surface area contributed by atoms with E-state index in [1.807, 2.05) is 6.92 Å². The van der Waals surface area contributed by atoms with Gasteiger partial charge in [-0.25, -0.2) is 19.5 Å². The van der Waals surface area contributed by atoms with E-state index in [0.29, 0.717) is 6.54 Å². The molecular weight excluding hydrogens is 726 g/mol. The number of aliphatic hydroxyl groups is 2. The highest BCUT2D eigenvalue weighted by atomic mass is 32.5. The highest BCUT2D eigenvalue weighted by Crippen LogP contribution is 2.80. The minimum atomic E-state index is -5.27. The Morgan fingerprint density at radius 1 is 1.10 bits per heavy atom. The van der Waals surface area contributed by atoms with Crippen LogP contribution in [0.2, 0.25) is 0 Å². The number of hydrogen-bond acceptors (Lipinski definition) is 15. The number of hydrogen-bond donors (Lipinski definition) is 9. The standard InChI is InChI=1S/C22H39N7O15P4/c1-4-6-24-13(30)5-7-25-20(33)17(32)22(2,3)9-42-48(39,40)45-47(37,38)41-8-12-16(44-46(34,35)36)15(31)21(43-12)29-11-28-14-18(23)26-10-27-19(14)29/h10-12,15-17,21,31-32,45H,4-9H2,1-3H3,(H,24,30)(H,25,33)(H,37,38)(H,39,40)(H2,23,26,27)(H2,34,35,36). The van der Waals surface area contributed by atoms with Crippen LogP contribution in [-0.4, -0.2) is 112 Å². The van der Waals surface area contributed by atoms with Crippen LogP contribution in [0.1, 0.15) is 39.8 Å². The number of phosphoric ester groups is 1. The van der Waals surface area contributed by atoms with Crippen LogP contribution in [0, 0.1) is 5.41 Å². The molecule has 272 valence electrons. The highest BCUT2D eigenvalue weighted by Gasteiger charge is 2.50. The first kappa shape index (κ1) is 40.4. The number of amides is 2. The van der Waals surface area contributed by atoms with Gasteiger partial charge in [-0.3, -0.25) is 27.8 Å². The lowest BCUT2D eigenvalue weighted by Crippen LogP contribution is -2.46. The Kier molecular flexibility index (Phi) is 13.8. The molecule has 1 fully saturated rings. The van der Waals surface area contributed by atoms with Crippen molar-refractivity contribution in [3.63, 3.8) is 0 Å². The second-order valence-electron chi connectivity index (χ2n) is 11.2. The van der Waals surface area contributed by atoms with E-state index >= 15 is 0 Å². The smallest absolute Gasteiger partial charge is 0.386 e. The van der Waals surface area contributed by atoms with Gasteiger partial charge in [-0.1, -0.05) is 20.8 Å². The van der Waals surface area contributed by atoms with Crippen LogP contribution in [-0.2, 0) is 41.6 Å². The lowest BCUT2D eigenvalue weighted by Gasteiger charge is -2.30. The summed E-state index contributed by atoms with van der Waals surface area (Å²) in [6.45, 7) is 3.20. The van der Waals surface area contributed by atoms with Crippen LogP contribution in [0.15, 0.2) is 12.7 Å². The number of fused-ring (bicyclic) bond motifs is 1. The van der Waals surface area contributed by atoms with Crippen LogP contribution in [0.5, 0.6) is 0 Å². The van der Waals surface area contributed by atoms with Gasteiger partial charge in [-0.2, -0.15) is 0 Å². The first-order valence-electron chi connectivity index (χ1n) is 14.1. The number of aromatic nitrogens is 4. The van der Waals surface area contributed by atoms with Crippen molar-refractivity contribution in [2.45, 2.75) is 64.3 Å². The Hall–Kier alpha value is -1.99. The molecule has 0 bridgehead atoms. The Balaban J connectivity index is 1.61. The molecular formula is C22H39N7O15P4. The summed E-state index contributed by atoms with van der Waals surface area (Å²) in [7, 11) is -17.0. The Bertz CT molecular complexity index is 1590. The number of nitrogens with two attached hydrogens (primary N) is 1. The molecule has 1 saturated heterocycles. The van der Waals surface area contributed by atoms with Crippen molar-refractivity contribution in [3.05, 3.63) is 12.7 Å². The molecule has 0 radical (unpaired) electrons. The lowest BCUT2D eigenvalue weighted by atomic mass is 9.87. The van der Waals surface area contributed by atoms with Gasteiger partial charge in [-0.15, -0.1) is 0 Å². The number of ether oxygens (including phenoxy) is 1. The summed E-state index contributed by atoms with van der Waals surface area (Å²) in [5.74, 6) is -1.21. The van der Waals surface area contributed by atoms with Crippen molar-refractivity contribution in [1.29, 1.82) is 0 Å². The van der Waals surface area contributed by atoms with Crippen molar-refractivity contribution in [2.75, 3.05) is 32.0 Å². The molecule has 0 aliphatic carbocycles. The zero-order valence-electron chi connectivity index (χ0n) is 25.8. The van der Waals surface area contributed by atoms with Crippen LogP contribution in [0.4, 0.5) is 5.82 Å². The maximum absolute atomic E-state index is 12.8. The third-order valence-electron chi connectivity index (χ3n) is 6.72. The first-order chi connectivity index (χ1) is 22.2. The van der Waals surface area contributed by atoms with E-state index < -0.39 is 85.5 Å². The van der Waals surface area contributed by atoms with E-state index in [4.69, 9.17) is 19.5 Å². The summed E-state index contributed by atoms with van der Waals surface area (Å²) < 4.78 is 58.6. The van der Waals surface area contributed by atoms with Crippen LogP contribution in [0.3, 0.4) is 0 Å². The fourth-order valence-electron chi connectivity index (χ4n) is 4.26. The molecule has 1 aliphatic rings. The van der Waals surface area contributed by atoms with Crippen LogP contribution >= 0.6 is 30.3 Å². The minimum absolute atomic E-state index is 0.0169. The zero-order valence-corrected chi connectivity index (χ0v) is 29.5. The molecule has 1 aliphatic heterocycles. The topological polar surface area (TPSA) is 337 Å². The van der Waals surface area contributed by atoms with Crippen LogP contribution in [0.25, 0.3) is 11.2 Å². The quantitative estimate of drug-likeness (QED) is 0.0862. The Labute approximate surface area is 275 Å². The molecule has 10 N–H and O–H groups in total. The fraction of sp³-hybridized carbons (Fsp3) is 0.682. The minimum Gasteiger partial charge on any atom is -0.386 e. The first-order valence-corrected chi connectivity index (χ1v) is 21.5. The maximum atomic E-state index is 12.8.